The maximum Gasteiger partial charge on any atom is 0.227 e. The Bertz CT molecular complexity index is 900. The summed E-state index contributed by atoms with van der Waals surface area (Å²) in [4.78, 5) is 16.5. The van der Waals surface area contributed by atoms with Crippen LogP contribution < -0.4 is 10.1 Å². The summed E-state index contributed by atoms with van der Waals surface area (Å²) in [5.74, 6) is 2.22. The highest BCUT2D eigenvalue weighted by Crippen LogP contribution is 2.20. The topological polar surface area (TPSA) is 77.2 Å². The number of ether oxygens (including phenoxy) is 1. The Morgan fingerprint density at radius 2 is 1.82 bits per heavy atom. The molecule has 1 N–H and O–H groups in total. The largest absolute Gasteiger partial charge is 0.497 e. The van der Waals surface area contributed by atoms with Gasteiger partial charge in [-0.25, -0.2) is 0 Å². The van der Waals surface area contributed by atoms with Crippen LogP contribution in [0.4, 0.5) is 0 Å². The van der Waals surface area contributed by atoms with Crippen molar-refractivity contribution in [3.8, 4) is 17.1 Å². The van der Waals surface area contributed by atoms with Gasteiger partial charge in [0.2, 0.25) is 17.6 Å². The first-order valence-corrected chi connectivity index (χ1v) is 9.37. The molecule has 0 aliphatic heterocycles. The van der Waals surface area contributed by atoms with Crippen LogP contribution in [0.15, 0.2) is 53.1 Å². The zero-order valence-electron chi connectivity index (χ0n) is 16.4. The Labute approximate surface area is 164 Å². The van der Waals surface area contributed by atoms with E-state index in [1.165, 1.54) is 5.56 Å². The molecule has 146 valence electrons. The lowest BCUT2D eigenvalue weighted by molar-refractivity contribution is -0.121. The number of carbonyl (C=O) groups is 1. The zero-order valence-corrected chi connectivity index (χ0v) is 16.4. The molecule has 0 aliphatic rings. The number of hydrogen-bond acceptors (Lipinski definition) is 5. The van der Waals surface area contributed by atoms with Crippen molar-refractivity contribution < 1.29 is 14.1 Å². The molecule has 0 bridgehead atoms. The minimum Gasteiger partial charge on any atom is -0.497 e. The van der Waals surface area contributed by atoms with E-state index in [4.69, 9.17) is 9.26 Å². The highest BCUT2D eigenvalue weighted by Gasteiger charge is 2.11. The van der Waals surface area contributed by atoms with Gasteiger partial charge in [0.25, 0.3) is 0 Å². The van der Waals surface area contributed by atoms with Crippen LogP contribution in [0, 0.1) is 0 Å². The number of nitrogens with zero attached hydrogens (tertiary/aromatic N) is 2. The molecule has 2 aromatic carbocycles. The molecule has 3 aromatic rings. The normalized spacial score (nSPS) is 10.9. The van der Waals surface area contributed by atoms with Crippen molar-refractivity contribution in [3.63, 3.8) is 0 Å². The van der Waals surface area contributed by atoms with Gasteiger partial charge in [-0.05, 0) is 29.2 Å². The predicted octanol–water partition coefficient (Wildman–Crippen LogP) is 4.12. The Hall–Kier alpha value is -3.15. The van der Waals surface area contributed by atoms with Gasteiger partial charge in [-0.1, -0.05) is 55.4 Å². The molecule has 28 heavy (non-hydrogen) atoms. The second-order valence-corrected chi connectivity index (χ2v) is 6.91. The van der Waals surface area contributed by atoms with Crippen LogP contribution in [0.1, 0.15) is 43.2 Å². The summed E-state index contributed by atoms with van der Waals surface area (Å²) in [7, 11) is 1.63. The maximum atomic E-state index is 12.1. The van der Waals surface area contributed by atoms with Crippen LogP contribution in [-0.4, -0.2) is 23.2 Å². The molecular weight excluding hydrogens is 354 g/mol. The van der Waals surface area contributed by atoms with Crippen molar-refractivity contribution in [2.75, 3.05) is 7.11 Å². The molecule has 1 aromatic heterocycles. The third-order valence-corrected chi connectivity index (χ3v) is 4.52. The summed E-state index contributed by atoms with van der Waals surface area (Å²) in [5.41, 5.74) is 3.18. The Balaban J connectivity index is 1.48. The maximum absolute atomic E-state index is 12.1. The number of aromatic nitrogens is 2. The molecular formula is C22H25N3O3. The van der Waals surface area contributed by atoms with E-state index < -0.39 is 0 Å². The highest BCUT2D eigenvalue weighted by molar-refractivity contribution is 5.76. The molecule has 3 rings (SSSR count). The van der Waals surface area contributed by atoms with E-state index in [0.717, 1.165) is 16.9 Å². The van der Waals surface area contributed by atoms with Gasteiger partial charge >= 0.3 is 0 Å². The number of aryl methyl sites for hydroxylation is 1. The van der Waals surface area contributed by atoms with Crippen LogP contribution >= 0.6 is 0 Å². The molecule has 0 saturated heterocycles. The van der Waals surface area contributed by atoms with Crippen LogP contribution in [-0.2, 0) is 17.8 Å². The summed E-state index contributed by atoms with van der Waals surface area (Å²) in [6.45, 7) is 4.78. The monoisotopic (exact) mass is 379 g/mol. The van der Waals surface area contributed by atoms with E-state index in [9.17, 15) is 4.79 Å². The third kappa shape index (κ3) is 5.19. The van der Waals surface area contributed by atoms with Gasteiger partial charge < -0.3 is 14.6 Å². The number of rotatable bonds is 8. The summed E-state index contributed by atoms with van der Waals surface area (Å²) < 4.78 is 10.4. The van der Waals surface area contributed by atoms with Crippen LogP contribution in [0.3, 0.4) is 0 Å². The number of hydrogen-bond donors (Lipinski definition) is 1. The van der Waals surface area contributed by atoms with Gasteiger partial charge in [0.05, 0.1) is 7.11 Å². The number of amides is 1. The van der Waals surface area contributed by atoms with Crippen molar-refractivity contribution in [3.05, 3.63) is 65.5 Å². The fraction of sp³-hybridized carbons (Fsp3) is 0.318. The predicted molar refractivity (Wildman–Crippen MR) is 107 cm³/mol. The molecule has 6 nitrogen and oxygen atoms in total. The van der Waals surface area contributed by atoms with Crippen molar-refractivity contribution in [1.29, 1.82) is 0 Å². The highest BCUT2D eigenvalue weighted by atomic mass is 16.5. The molecule has 0 saturated carbocycles. The third-order valence-electron chi connectivity index (χ3n) is 4.52. The second kappa shape index (κ2) is 9.17. The Kier molecular flexibility index (Phi) is 6.42. The molecule has 0 spiro atoms. The van der Waals surface area contributed by atoms with Crippen molar-refractivity contribution >= 4 is 5.91 Å². The van der Waals surface area contributed by atoms with Crippen molar-refractivity contribution in [2.45, 2.75) is 39.2 Å². The van der Waals surface area contributed by atoms with Gasteiger partial charge in [-0.2, -0.15) is 4.98 Å². The van der Waals surface area contributed by atoms with Gasteiger partial charge in [0, 0.05) is 24.9 Å². The van der Waals surface area contributed by atoms with E-state index >= 15 is 0 Å². The second-order valence-electron chi connectivity index (χ2n) is 6.91. The summed E-state index contributed by atoms with van der Waals surface area (Å²) in [6, 6.07) is 15.7. The molecule has 0 unspecified atom stereocenters. The molecule has 0 atom stereocenters. The fourth-order valence-corrected chi connectivity index (χ4v) is 2.74. The lowest BCUT2D eigenvalue weighted by atomic mass is 10.0. The van der Waals surface area contributed by atoms with Gasteiger partial charge in [-0.15, -0.1) is 0 Å². The van der Waals surface area contributed by atoms with Crippen LogP contribution in [0.25, 0.3) is 11.4 Å². The lowest BCUT2D eigenvalue weighted by Crippen LogP contribution is -2.23. The SMILES string of the molecule is COc1ccc(CNC(=O)CCc2nc(-c3ccc(C(C)C)cc3)no2)cc1. The molecule has 1 amide bonds. The van der Waals surface area contributed by atoms with Crippen LogP contribution in [0.2, 0.25) is 0 Å². The van der Waals surface area contributed by atoms with Gasteiger partial charge in [-0.3, -0.25) is 4.79 Å². The zero-order chi connectivity index (χ0) is 19.9. The van der Waals surface area contributed by atoms with E-state index in [0.29, 0.717) is 37.0 Å². The van der Waals surface area contributed by atoms with E-state index in [2.05, 4.69) is 41.4 Å². The number of methoxy groups -OCH3 is 1. The molecule has 0 aliphatic carbocycles. The first kappa shape index (κ1) is 19.6. The number of benzene rings is 2. The first-order chi connectivity index (χ1) is 13.5. The summed E-state index contributed by atoms with van der Waals surface area (Å²) in [6.07, 6.45) is 0.704. The molecule has 6 heteroatoms. The summed E-state index contributed by atoms with van der Waals surface area (Å²) >= 11 is 0. The minimum atomic E-state index is -0.0585. The van der Waals surface area contributed by atoms with Crippen molar-refractivity contribution in [1.82, 2.24) is 15.5 Å². The average molecular weight is 379 g/mol. The number of carbonyl (C=O) groups excluding carboxylic acids is 1. The van der Waals surface area contributed by atoms with E-state index in [1.807, 2.05) is 36.4 Å². The number of nitrogens with one attached hydrogen (secondary N) is 1. The van der Waals surface area contributed by atoms with Gasteiger partial charge in [0.1, 0.15) is 5.75 Å². The minimum absolute atomic E-state index is 0.0585. The average Bonchev–Trinajstić information content (AvgIpc) is 3.20. The standard InChI is InChI=1S/C22H25N3O3/c1-15(2)17-6-8-18(9-7-17)22-24-21(28-25-22)13-12-20(26)23-14-16-4-10-19(27-3)11-5-16/h4-11,15H,12-14H2,1-3H3,(H,23,26). The van der Waals surface area contributed by atoms with Crippen molar-refractivity contribution in [2.24, 2.45) is 0 Å². The first-order valence-electron chi connectivity index (χ1n) is 9.37. The van der Waals surface area contributed by atoms with Gasteiger partial charge in [0.15, 0.2) is 0 Å². The molecule has 0 fully saturated rings. The molecule has 0 radical (unpaired) electrons. The van der Waals surface area contributed by atoms with Crippen LogP contribution in [0.5, 0.6) is 5.75 Å². The Morgan fingerprint density at radius 3 is 2.46 bits per heavy atom. The van der Waals surface area contributed by atoms with E-state index in [-0.39, 0.29) is 5.91 Å². The smallest absolute Gasteiger partial charge is 0.227 e. The summed E-state index contributed by atoms with van der Waals surface area (Å²) in [5, 5.41) is 6.91. The lowest BCUT2D eigenvalue weighted by Gasteiger charge is -2.05. The molecule has 1 heterocycles. The fourth-order valence-electron chi connectivity index (χ4n) is 2.74. The van der Waals surface area contributed by atoms with E-state index in [1.54, 1.807) is 7.11 Å². The Morgan fingerprint density at radius 1 is 1.11 bits per heavy atom. The quantitative estimate of drug-likeness (QED) is 0.637.